The van der Waals surface area contributed by atoms with Gasteiger partial charge in [0.15, 0.2) is 11.6 Å². The predicted octanol–water partition coefficient (Wildman–Crippen LogP) is 3.36. The van der Waals surface area contributed by atoms with Crippen molar-refractivity contribution in [3.63, 3.8) is 0 Å². The lowest BCUT2D eigenvalue weighted by molar-refractivity contribution is -0.165. The minimum Gasteiger partial charge on any atom is -0.459 e. The van der Waals surface area contributed by atoms with Gasteiger partial charge >= 0.3 is 5.97 Å². The summed E-state index contributed by atoms with van der Waals surface area (Å²) >= 11 is 0. The van der Waals surface area contributed by atoms with Crippen LogP contribution in [0.15, 0.2) is 42.5 Å². The topological polar surface area (TPSA) is 60.4 Å². The van der Waals surface area contributed by atoms with Crippen LogP contribution in [0, 0.1) is 5.41 Å². The Balaban J connectivity index is 3.01. The minimum absolute atomic E-state index is 0.267. The molecular formula is C18H22O4. The quantitative estimate of drug-likeness (QED) is 0.362. The maximum absolute atomic E-state index is 12.3. The molecule has 0 heterocycles. The molecule has 0 fully saturated rings. The van der Waals surface area contributed by atoms with Gasteiger partial charge < -0.3 is 4.74 Å². The van der Waals surface area contributed by atoms with Crippen LogP contribution < -0.4 is 0 Å². The Morgan fingerprint density at radius 1 is 1.00 bits per heavy atom. The first-order valence-corrected chi connectivity index (χ1v) is 7.09. The zero-order valence-corrected chi connectivity index (χ0v) is 13.7. The van der Waals surface area contributed by atoms with E-state index in [0.717, 1.165) is 0 Å². The molecule has 4 nitrogen and oxygen atoms in total. The number of carbonyl (C=O) groups excluding carboxylic acids is 3. The lowest BCUT2D eigenvalue weighted by atomic mass is 9.85. The lowest BCUT2D eigenvalue weighted by Gasteiger charge is -2.27. The molecule has 0 spiro atoms. The monoisotopic (exact) mass is 302 g/mol. The van der Waals surface area contributed by atoms with Crippen LogP contribution in [-0.4, -0.2) is 23.1 Å². The van der Waals surface area contributed by atoms with Gasteiger partial charge in [-0.25, -0.2) is 0 Å². The molecule has 0 unspecified atom stereocenters. The first-order chi connectivity index (χ1) is 10.1. The zero-order valence-electron chi connectivity index (χ0n) is 13.7. The van der Waals surface area contributed by atoms with Crippen LogP contribution >= 0.6 is 0 Å². The van der Waals surface area contributed by atoms with Gasteiger partial charge in [0.2, 0.25) is 0 Å². The van der Waals surface area contributed by atoms with E-state index < -0.39 is 17.0 Å². The summed E-state index contributed by atoms with van der Waals surface area (Å²) in [5, 5.41) is 0. The first-order valence-electron chi connectivity index (χ1n) is 7.09. The van der Waals surface area contributed by atoms with Crippen LogP contribution in [0.1, 0.15) is 45.0 Å². The highest BCUT2D eigenvalue weighted by Crippen LogP contribution is 2.25. The van der Waals surface area contributed by atoms with Gasteiger partial charge in [-0.1, -0.05) is 36.4 Å². The second kappa shape index (κ2) is 6.69. The van der Waals surface area contributed by atoms with E-state index in [0.29, 0.717) is 5.56 Å². The van der Waals surface area contributed by atoms with Crippen molar-refractivity contribution in [1.82, 2.24) is 0 Å². The number of benzene rings is 1. The normalized spacial score (nSPS) is 14.4. The fourth-order valence-electron chi connectivity index (χ4n) is 1.65. The fraction of sp³-hybridized carbons (Fsp3) is 0.389. The average Bonchev–Trinajstić information content (AvgIpc) is 2.43. The van der Waals surface area contributed by atoms with Crippen molar-refractivity contribution in [2.24, 2.45) is 5.41 Å². The summed E-state index contributed by atoms with van der Waals surface area (Å²) in [6, 6.07) is 8.65. The highest BCUT2D eigenvalue weighted by atomic mass is 16.6. The van der Waals surface area contributed by atoms with E-state index in [1.165, 1.54) is 26.0 Å². The van der Waals surface area contributed by atoms with Gasteiger partial charge in [0.05, 0.1) is 0 Å². The molecule has 1 rings (SSSR count). The van der Waals surface area contributed by atoms with Gasteiger partial charge in [-0.3, -0.25) is 14.4 Å². The van der Waals surface area contributed by atoms with E-state index in [2.05, 4.69) is 0 Å². The first kappa shape index (κ1) is 17.8. The van der Waals surface area contributed by atoms with Crippen LogP contribution in [0.2, 0.25) is 0 Å². The van der Waals surface area contributed by atoms with Gasteiger partial charge in [-0.15, -0.1) is 0 Å². The molecule has 0 bridgehead atoms. The lowest BCUT2D eigenvalue weighted by Crippen LogP contribution is -2.39. The van der Waals surface area contributed by atoms with Crippen LogP contribution in [0.5, 0.6) is 0 Å². The van der Waals surface area contributed by atoms with Crippen LogP contribution in [0.3, 0.4) is 0 Å². The Morgan fingerprint density at radius 3 is 2.00 bits per heavy atom. The summed E-state index contributed by atoms with van der Waals surface area (Å²) in [6.45, 7) is 7.94. The van der Waals surface area contributed by atoms with E-state index >= 15 is 0 Å². The maximum Gasteiger partial charge on any atom is 0.323 e. The highest BCUT2D eigenvalue weighted by molar-refractivity contribution is 6.08. The van der Waals surface area contributed by atoms with Crippen molar-refractivity contribution in [2.75, 3.05) is 0 Å². The SMILES string of the molecule is CC(=O)[C@](C)(/C=C/C(=O)c1ccccc1)C(=O)OC(C)(C)C. The third-order valence-corrected chi connectivity index (χ3v) is 3.18. The summed E-state index contributed by atoms with van der Waals surface area (Å²) in [7, 11) is 0. The number of carbonyl (C=O) groups is 3. The molecule has 0 aromatic heterocycles. The minimum atomic E-state index is -1.47. The number of hydrogen-bond acceptors (Lipinski definition) is 4. The van der Waals surface area contributed by atoms with Crippen LogP contribution in [0.4, 0.5) is 0 Å². The number of hydrogen-bond donors (Lipinski definition) is 0. The fourth-order valence-corrected chi connectivity index (χ4v) is 1.65. The van der Waals surface area contributed by atoms with E-state index in [1.807, 2.05) is 0 Å². The number of ketones is 2. The molecule has 1 atom stereocenters. The van der Waals surface area contributed by atoms with E-state index in [9.17, 15) is 14.4 Å². The molecule has 1 aromatic carbocycles. The third kappa shape index (κ3) is 4.65. The van der Waals surface area contributed by atoms with Gasteiger partial charge in [0.1, 0.15) is 11.0 Å². The maximum atomic E-state index is 12.3. The second-order valence-corrected chi connectivity index (χ2v) is 6.32. The van der Waals surface area contributed by atoms with Gasteiger partial charge in [-0.05, 0) is 40.7 Å². The smallest absolute Gasteiger partial charge is 0.323 e. The van der Waals surface area contributed by atoms with Crippen molar-refractivity contribution in [3.05, 3.63) is 48.0 Å². The van der Waals surface area contributed by atoms with E-state index in [1.54, 1.807) is 51.1 Å². The van der Waals surface area contributed by atoms with Crippen molar-refractivity contribution < 1.29 is 19.1 Å². The Kier molecular flexibility index (Phi) is 5.42. The molecule has 118 valence electrons. The zero-order chi connectivity index (χ0) is 17.0. The van der Waals surface area contributed by atoms with Gasteiger partial charge in [0.25, 0.3) is 0 Å². The number of Topliss-reactive ketones (excluding diaryl/α,β-unsaturated/α-hetero) is 1. The summed E-state index contributed by atoms with van der Waals surface area (Å²) in [4.78, 5) is 36.2. The average molecular weight is 302 g/mol. The van der Waals surface area contributed by atoms with Crippen LogP contribution in [0.25, 0.3) is 0 Å². The van der Waals surface area contributed by atoms with E-state index in [4.69, 9.17) is 4.74 Å². The molecule has 0 aliphatic heterocycles. The van der Waals surface area contributed by atoms with Crippen molar-refractivity contribution >= 4 is 17.5 Å². The molecule has 22 heavy (non-hydrogen) atoms. The summed E-state index contributed by atoms with van der Waals surface area (Å²) in [5.41, 5.74) is -1.68. The molecule has 0 N–H and O–H groups in total. The molecule has 0 saturated heterocycles. The second-order valence-electron chi connectivity index (χ2n) is 6.32. The Morgan fingerprint density at radius 2 is 1.55 bits per heavy atom. The number of allylic oxidation sites excluding steroid dienone is 1. The number of rotatable bonds is 5. The van der Waals surface area contributed by atoms with Crippen LogP contribution in [-0.2, 0) is 14.3 Å². The van der Waals surface area contributed by atoms with Crippen molar-refractivity contribution in [2.45, 2.75) is 40.2 Å². The Bertz CT molecular complexity index is 593. The highest BCUT2D eigenvalue weighted by Gasteiger charge is 2.39. The standard InChI is InChI=1S/C18H22O4/c1-13(19)18(5,16(21)22-17(2,3)4)12-11-15(20)14-9-7-6-8-10-14/h6-12H,1-5H3/b12-11+/t18-/m0/s1. The summed E-state index contributed by atoms with van der Waals surface area (Å²) in [6.07, 6.45) is 2.57. The molecule has 4 heteroatoms. The van der Waals surface area contributed by atoms with Crippen molar-refractivity contribution in [1.29, 1.82) is 0 Å². The van der Waals surface area contributed by atoms with Gasteiger partial charge in [0, 0.05) is 5.56 Å². The molecule has 1 aromatic rings. The van der Waals surface area contributed by atoms with Crippen molar-refractivity contribution in [3.8, 4) is 0 Å². The third-order valence-electron chi connectivity index (χ3n) is 3.18. The predicted molar refractivity (Wildman–Crippen MR) is 84.5 cm³/mol. The molecule has 0 aliphatic carbocycles. The van der Waals surface area contributed by atoms with E-state index in [-0.39, 0.29) is 11.6 Å². The number of ether oxygens (including phenoxy) is 1. The molecule has 0 aliphatic rings. The Labute approximate surface area is 131 Å². The summed E-state index contributed by atoms with van der Waals surface area (Å²) in [5.74, 6) is -1.31. The largest absolute Gasteiger partial charge is 0.459 e. The Hall–Kier alpha value is -2.23. The molecule has 0 saturated carbocycles. The summed E-state index contributed by atoms with van der Waals surface area (Å²) < 4.78 is 5.28. The number of esters is 1. The van der Waals surface area contributed by atoms with Gasteiger partial charge in [-0.2, -0.15) is 0 Å². The molecule has 0 amide bonds. The molecule has 0 radical (unpaired) electrons. The molecular weight excluding hydrogens is 280 g/mol.